The van der Waals surface area contributed by atoms with Crippen LogP contribution in [0.25, 0.3) is 0 Å². The quantitative estimate of drug-likeness (QED) is 0.0198. The molecule has 3 aliphatic rings. The number of esters is 1. The number of benzene rings is 2. The fourth-order valence-corrected chi connectivity index (χ4v) is 12.2. The maximum Gasteiger partial charge on any atom is 0.334 e. The molecule has 2 bridgehead atoms. The lowest BCUT2D eigenvalue weighted by Gasteiger charge is -2.30. The second kappa shape index (κ2) is 45.8. The summed E-state index contributed by atoms with van der Waals surface area (Å²) in [6, 6.07) is -4.88. The zero-order valence-corrected chi connectivity index (χ0v) is 61.3. The summed E-state index contributed by atoms with van der Waals surface area (Å²) in [5.41, 5.74) is 12.0. The van der Waals surface area contributed by atoms with E-state index in [-0.39, 0.29) is 62.3 Å². The highest BCUT2D eigenvalue weighted by Crippen LogP contribution is 2.23. The number of unbranched alkanes of at least 4 members (excludes halogenated alkanes) is 7. The zero-order chi connectivity index (χ0) is 77.9. The molecule has 0 aliphatic carbocycles. The van der Waals surface area contributed by atoms with Gasteiger partial charge in [0, 0.05) is 38.6 Å². The minimum atomic E-state index is -1.98. The number of amides is 11. The van der Waals surface area contributed by atoms with Gasteiger partial charge in [-0.2, -0.15) is 0 Å². The van der Waals surface area contributed by atoms with E-state index in [9.17, 15) is 92.7 Å². The van der Waals surface area contributed by atoms with Gasteiger partial charge in [-0.3, -0.25) is 62.3 Å². The molecule has 5 rings (SSSR count). The molecule has 1 saturated heterocycles. The van der Waals surface area contributed by atoms with E-state index in [4.69, 9.17) is 16.2 Å². The summed E-state index contributed by atoms with van der Waals surface area (Å²) in [6.07, 6.45) is 4.02. The number of primary amides is 1. The molecule has 2 aromatic carbocycles. The van der Waals surface area contributed by atoms with E-state index in [1.54, 1.807) is 13.8 Å². The molecule has 1 fully saturated rings. The third-order valence-corrected chi connectivity index (χ3v) is 18.9. The Morgan fingerprint density at radius 1 is 0.610 bits per heavy atom. The molecule has 0 aromatic heterocycles. The normalized spacial score (nSPS) is 22.2. The van der Waals surface area contributed by atoms with Gasteiger partial charge in [0.25, 0.3) is 0 Å². The third kappa shape index (κ3) is 31.5. The summed E-state index contributed by atoms with van der Waals surface area (Å²) in [4.78, 5) is 195. The number of carboxylic acid groups (broad SMARTS) is 2. The summed E-state index contributed by atoms with van der Waals surface area (Å²) < 4.78 is 5.82. The third-order valence-electron chi connectivity index (χ3n) is 18.9. The van der Waals surface area contributed by atoms with Crippen LogP contribution in [0.4, 0.5) is 0 Å². The number of aromatic hydroxyl groups is 1. The summed E-state index contributed by atoms with van der Waals surface area (Å²) in [5, 5.41) is 74.1. The van der Waals surface area contributed by atoms with Crippen molar-refractivity contribution in [1.29, 1.82) is 0 Å². The van der Waals surface area contributed by atoms with Crippen LogP contribution in [0, 0.1) is 11.8 Å². The van der Waals surface area contributed by atoms with Crippen LogP contribution in [0.2, 0.25) is 0 Å². The molecule has 0 radical (unpaired) electrons. The van der Waals surface area contributed by atoms with Gasteiger partial charge in [-0.25, -0.2) is 4.79 Å². The summed E-state index contributed by atoms with van der Waals surface area (Å²) in [6.45, 7) is 10.1. The average Bonchev–Trinajstić information content (AvgIpc) is 1.78. The number of rotatable bonds is 36. The first kappa shape index (κ1) is 88.1. The highest BCUT2D eigenvalue weighted by molar-refractivity contribution is 5.99. The lowest BCUT2D eigenvalue weighted by Crippen LogP contribution is -2.62. The molecule has 3 heterocycles. The largest absolute Gasteiger partial charge is 0.508 e. The first-order valence-electron chi connectivity index (χ1n) is 36.7. The zero-order valence-electron chi connectivity index (χ0n) is 61.3. The summed E-state index contributed by atoms with van der Waals surface area (Å²) in [7, 11) is 0. The number of phenolic OH excluding ortho intramolecular Hbond substituents is 1. The van der Waals surface area contributed by atoms with Gasteiger partial charge in [0.15, 0.2) is 0 Å². The van der Waals surface area contributed by atoms with E-state index in [0.29, 0.717) is 24.8 Å². The van der Waals surface area contributed by atoms with Gasteiger partial charge in [0.2, 0.25) is 65.0 Å². The SMILES string of the molecule is CCC(C)CCCCCCCCCCC(O)CC(=O)NC(CCC(=O)O)C(=O)NC(CCCN)C(=O)NC1Cc2ccc(cc2)OC(=O)C(C(C)CC)NC(=O)C(Cc2ccc(O)cc2)NC(=O)C(CCC(N)=O)NC(=O)C2CCCN2C(=O)C(C)NC(=O)C(CCC(=O)O)NC(=O)C(C(C)O)NC1=O. The van der Waals surface area contributed by atoms with Gasteiger partial charge < -0.3 is 94.5 Å². The van der Waals surface area contributed by atoms with E-state index >= 15 is 0 Å². The number of nitrogens with zero attached hydrogens (tertiary/aromatic N) is 1. The van der Waals surface area contributed by atoms with Crippen LogP contribution in [0.15, 0.2) is 48.5 Å². The molecule has 14 unspecified atom stereocenters. The minimum Gasteiger partial charge on any atom is -0.508 e. The Morgan fingerprint density at radius 3 is 1.76 bits per heavy atom. The lowest BCUT2D eigenvalue weighted by molar-refractivity contribution is -0.143. The van der Waals surface area contributed by atoms with E-state index in [1.807, 2.05) is 0 Å². The number of hydrogen-bond donors (Lipinski definition) is 16. The molecular formula is C73H112N12O20. The van der Waals surface area contributed by atoms with E-state index in [0.717, 1.165) is 49.8 Å². The van der Waals surface area contributed by atoms with Crippen LogP contribution in [-0.4, -0.2) is 199 Å². The van der Waals surface area contributed by atoms with E-state index in [2.05, 4.69) is 61.7 Å². The van der Waals surface area contributed by atoms with Crippen molar-refractivity contribution in [3.05, 3.63) is 59.7 Å². The first-order chi connectivity index (χ1) is 49.8. The lowest BCUT2D eigenvalue weighted by atomic mass is 9.97. The Morgan fingerprint density at radius 2 is 1.17 bits per heavy atom. The average molecular weight is 1480 g/mol. The molecule has 584 valence electrons. The second-order valence-electron chi connectivity index (χ2n) is 27.7. The first-order valence-corrected chi connectivity index (χ1v) is 36.7. The van der Waals surface area contributed by atoms with Crippen LogP contribution in [-0.2, 0) is 80.0 Å². The van der Waals surface area contributed by atoms with Gasteiger partial charge in [-0.1, -0.05) is 123 Å². The molecule has 32 heteroatoms. The van der Waals surface area contributed by atoms with Gasteiger partial charge >= 0.3 is 17.9 Å². The number of fused-ring (bicyclic) bond motifs is 23. The number of nitrogens with one attached hydrogen (secondary N) is 9. The Labute approximate surface area is 612 Å². The number of ether oxygens (including phenoxy) is 1. The molecule has 14 atom stereocenters. The maximum atomic E-state index is 14.8. The molecule has 2 aromatic rings. The van der Waals surface area contributed by atoms with Crippen molar-refractivity contribution >= 4 is 82.9 Å². The molecular weight excluding hydrogens is 1360 g/mol. The van der Waals surface area contributed by atoms with Crippen LogP contribution in [0.5, 0.6) is 11.5 Å². The minimum absolute atomic E-state index is 0.0228. The van der Waals surface area contributed by atoms with Gasteiger partial charge in [-0.05, 0) is 119 Å². The highest BCUT2D eigenvalue weighted by atomic mass is 16.5. The van der Waals surface area contributed by atoms with Gasteiger partial charge in [0.1, 0.15) is 71.9 Å². The van der Waals surface area contributed by atoms with Crippen molar-refractivity contribution in [2.75, 3.05) is 13.1 Å². The van der Waals surface area contributed by atoms with Gasteiger partial charge in [0.05, 0.1) is 18.6 Å². The van der Waals surface area contributed by atoms with Crippen molar-refractivity contribution in [3.8, 4) is 11.5 Å². The van der Waals surface area contributed by atoms with Gasteiger partial charge in [-0.15, -0.1) is 0 Å². The van der Waals surface area contributed by atoms with Crippen molar-refractivity contribution < 1.29 is 97.4 Å². The predicted molar refractivity (Wildman–Crippen MR) is 383 cm³/mol. The molecule has 0 spiro atoms. The Balaban J connectivity index is 1.74. The van der Waals surface area contributed by atoms with E-state index in [1.165, 1.54) is 81.1 Å². The van der Waals surface area contributed by atoms with Crippen molar-refractivity contribution in [2.24, 2.45) is 23.3 Å². The van der Waals surface area contributed by atoms with Crippen molar-refractivity contribution in [2.45, 2.75) is 275 Å². The molecule has 18 N–H and O–H groups in total. The fraction of sp³-hybridized carbons (Fsp3) is 0.644. The molecule has 3 aliphatic heterocycles. The van der Waals surface area contributed by atoms with Crippen LogP contribution in [0.1, 0.15) is 200 Å². The summed E-state index contributed by atoms with van der Waals surface area (Å²) in [5.74, 6) is -14.7. The molecule has 32 nitrogen and oxygen atoms in total. The fourth-order valence-electron chi connectivity index (χ4n) is 12.2. The monoisotopic (exact) mass is 1480 g/mol. The second-order valence-corrected chi connectivity index (χ2v) is 27.7. The van der Waals surface area contributed by atoms with Crippen molar-refractivity contribution in [1.82, 2.24) is 52.8 Å². The number of carbonyl (C=O) groups is 14. The van der Waals surface area contributed by atoms with E-state index < -0.39 is 213 Å². The number of phenols is 1. The topological polar surface area (TPSA) is 513 Å². The smallest absolute Gasteiger partial charge is 0.334 e. The maximum absolute atomic E-state index is 14.8. The number of carbonyl (C=O) groups excluding carboxylic acids is 12. The Kier molecular flexibility index (Phi) is 38.4. The van der Waals surface area contributed by atoms with Crippen LogP contribution < -0.4 is 64.1 Å². The number of nitrogens with two attached hydrogens (primary N) is 2. The molecule has 105 heavy (non-hydrogen) atoms. The van der Waals surface area contributed by atoms with Crippen molar-refractivity contribution in [3.63, 3.8) is 0 Å². The standard InChI is InChI=1S/C73H112N12O20/c1-7-42(3)19-15-13-11-9-10-12-14-16-20-49(88)41-59(90)77-52(32-35-60(91)92)66(97)78-51(21-17-37-74)65(96)81-56-40-47-25-29-50(30-26-47)105-73(104)62(43(4)8-2)83-68(99)55(39-46-23-27-48(87)28-24-46)82-67(98)53(31-34-58(75)89)79-70(101)57-22-18-38-85(57)72(103)44(5)76-64(95)54(33-36-61(93)94)80-71(102)63(45(6)86)84-69(56)100/h23-30,42-45,49,51-57,62-63,86-88H,7-22,31-41,74H2,1-6H3,(H2,75,89)(H,76,95)(H,77,90)(H,78,97)(H,79,101)(H,80,102)(H,81,96)(H,82,98)(H,83,99)(H,84,100)(H,91,92)(H,93,94). The number of aliphatic carboxylic acids is 2. The number of aliphatic hydroxyl groups excluding tert-OH is 2. The highest BCUT2D eigenvalue weighted by Gasteiger charge is 2.41. The molecule has 0 saturated carbocycles. The molecule has 11 amide bonds. The van der Waals surface area contributed by atoms with Crippen LogP contribution >= 0.6 is 0 Å². The predicted octanol–water partition coefficient (Wildman–Crippen LogP) is 1.33. The number of hydrogen-bond acceptors (Lipinski definition) is 19. The number of carboxylic acids is 2. The Hall–Kier alpha value is -9.30. The Bertz CT molecular complexity index is 3230. The summed E-state index contributed by atoms with van der Waals surface area (Å²) >= 11 is 0. The number of aliphatic hydroxyl groups is 2. The van der Waals surface area contributed by atoms with Crippen LogP contribution in [0.3, 0.4) is 0 Å².